The predicted molar refractivity (Wildman–Crippen MR) is 67.2 cm³/mol. The quantitative estimate of drug-likeness (QED) is 0.728. The molecule has 0 saturated heterocycles. The van der Waals surface area contributed by atoms with E-state index in [4.69, 9.17) is 5.14 Å². The van der Waals surface area contributed by atoms with Crippen LogP contribution in [-0.4, -0.2) is 27.0 Å². The minimum atomic E-state index is -4.06. The van der Waals surface area contributed by atoms with Gasteiger partial charge in [0.15, 0.2) is 5.03 Å². The SMILES string of the molecule is NS(=O)(=O)c1ccc(NS(=O)(=O)c2ccn[nH]2)c(F)c1. The highest BCUT2D eigenvalue weighted by Crippen LogP contribution is 2.20. The number of primary sulfonamides is 1. The van der Waals surface area contributed by atoms with E-state index in [-0.39, 0.29) is 5.03 Å². The zero-order valence-electron chi connectivity index (χ0n) is 9.74. The third-order valence-corrected chi connectivity index (χ3v) is 4.48. The van der Waals surface area contributed by atoms with Gasteiger partial charge in [-0.25, -0.2) is 17.9 Å². The van der Waals surface area contributed by atoms with Gasteiger partial charge >= 0.3 is 0 Å². The number of aromatic nitrogens is 2. The highest BCUT2D eigenvalue weighted by atomic mass is 32.2. The molecule has 0 radical (unpaired) electrons. The van der Waals surface area contributed by atoms with Gasteiger partial charge in [0.05, 0.1) is 16.8 Å². The van der Waals surface area contributed by atoms with Gasteiger partial charge in [-0.1, -0.05) is 0 Å². The van der Waals surface area contributed by atoms with Crippen molar-refractivity contribution < 1.29 is 21.2 Å². The average molecular weight is 320 g/mol. The van der Waals surface area contributed by atoms with Crippen LogP contribution in [0.2, 0.25) is 0 Å². The standard InChI is InChI=1S/C9H9FN4O4S2/c10-7-5-6(19(11,15)16)1-2-8(7)14-20(17,18)9-3-4-12-13-9/h1-5,14H,(H,12,13)(H2,11,15,16). The van der Waals surface area contributed by atoms with E-state index in [1.165, 1.54) is 12.3 Å². The number of nitrogens with two attached hydrogens (primary N) is 1. The molecule has 11 heteroatoms. The van der Waals surface area contributed by atoms with Gasteiger partial charge in [0, 0.05) is 0 Å². The van der Waals surface area contributed by atoms with Gasteiger partial charge in [-0.05, 0) is 24.3 Å². The Balaban J connectivity index is 2.37. The van der Waals surface area contributed by atoms with Crippen molar-refractivity contribution >= 4 is 25.7 Å². The van der Waals surface area contributed by atoms with Crippen LogP contribution in [0, 0.1) is 5.82 Å². The normalized spacial score (nSPS) is 12.3. The van der Waals surface area contributed by atoms with Crippen LogP contribution in [0.15, 0.2) is 40.4 Å². The molecule has 0 atom stereocenters. The second kappa shape index (κ2) is 4.85. The monoisotopic (exact) mass is 320 g/mol. The Labute approximate surface area is 113 Å². The molecule has 20 heavy (non-hydrogen) atoms. The van der Waals surface area contributed by atoms with Crippen molar-refractivity contribution in [2.75, 3.05) is 4.72 Å². The summed E-state index contributed by atoms with van der Waals surface area (Å²) >= 11 is 0. The topological polar surface area (TPSA) is 135 Å². The molecule has 0 aliphatic rings. The molecule has 0 unspecified atom stereocenters. The number of anilines is 1. The lowest BCUT2D eigenvalue weighted by molar-refractivity contribution is 0.592. The number of sulfonamides is 2. The van der Waals surface area contributed by atoms with Crippen LogP contribution in [0.3, 0.4) is 0 Å². The molecule has 0 fully saturated rings. The van der Waals surface area contributed by atoms with Crippen molar-refractivity contribution in [3.8, 4) is 0 Å². The molecule has 0 aliphatic heterocycles. The third kappa shape index (κ3) is 2.95. The Hall–Kier alpha value is -1.98. The summed E-state index contributed by atoms with van der Waals surface area (Å²) in [6.07, 6.45) is 1.22. The first kappa shape index (κ1) is 14.4. The maximum absolute atomic E-state index is 13.7. The Morgan fingerprint density at radius 2 is 1.90 bits per heavy atom. The van der Waals surface area contributed by atoms with Crippen molar-refractivity contribution in [2.45, 2.75) is 9.92 Å². The van der Waals surface area contributed by atoms with Crippen LogP contribution in [0.4, 0.5) is 10.1 Å². The lowest BCUT2D eigenvalue weighted by Gasteiger charge is -2.08. The van der Waals surface area contributed by atoms with E-state index in [0.717, 1.165) is 12.1 Å². The Morgan fingerprint density at radius 1 is 1.20 bits per heavy atom. The molecule has 8 nitrogen and oxygen atoms in total. The maximum atomic E-state index is 13.7. The number of nitrogens with one attached hydrogen (secondary N) is 2. The van der Waals surface area contributed by atoms with Crippen LogP contribution < -0.4 is 9.86 Å². The van der Waals surface area contributed by atoms with E-state index in [2.05, 4.69) is 10.2 Å². The highest BCUT2D eigenvalue weighted by molar-refractivity contribution is 7.92. The van der Waals surface area contributed by atoms with E-state index in [9.17, 15) is 21.2 Å². The molecule has 2 aromatic rings. The van der Waals surface area contributed by atoms with Crippen LogP contribution in [-0.2, 0) is 20.0 Å². The summed E-state index contributed by atoms with van der Waals surface area (Å²) in [5.74, 6) is -1.07. The number of H-pyrrole nitrogens is 1. The number of nitrogens with zero attached hydrogens (tertiary/aromatic N) is 1. The first-order valence-electron chi connectivity index (χ1n) is 5.05. The summed E-state index contributed by atoms with van der Waals surface area (Å²) in [5.41, 5.74) is -0.410. The van der Waals surface area contributed by atoms with Gasteiger partial charge in [0.1, 0.15) is 5.82 Å². The van der Waals surface area contributed by atoms with E-state index in [0.29, 0.717) is 6.07 Å². The van der Waals surface area contributed by atoms with Crippen LogP contribution in [0.25, 0.3) is 0 Å². The summed E-state index contributed by atoms with van der Waals surface area (Å²) in [7, 11) is -8.09. The summed E-state index contributed by atoms with van der Waals surface area (Å²) < 4.78 is 61.3. The fraction of sp³-hybridized carbons (Fsp3) is 0. The maximum Gasteiger partial charge on any atom is 0.278 e. The predicted octanol–water partition coefficient (Wildman–Crippen LogP) is -0.00300. The first-order valence-corrected chi connectivity index (χ1v) is 8.08. The molecule has 1 heterocycles. The second-order valence-corrected chi connectivity index (χ2v) is 6.93. The van der Waals surface area contributed by atoms with Gasteiger partial charge in [-0.2, -0.15) is 13.5 Å². The van der Waals surface area contributed by atoms with E-state index in [1.54, 1.807) is 0 Å². The Kier molecular flexibility index (Phi) is 3.50. The average Bonchev–Trinajstić information content (AvgIpc) is 2.84. The molecule has 4 N–H and O–H groups in total. The molecule has 0 amide bonds. The number of hydrogen-bond donors (Lipinski definition) is 3. The second-order valence-electron chi connectivity index (χ2n) is 3.71. The van der Waals surface area contributed by atoms with Gasteiger partial charge in [0.25, 0.3) is 10.0 Å². The summed E-state index contributed by atoms with van der Waals surface area (Å²) in [5, 5.41) is 10.3. The van der Waals surface area contributed by atoms with E-state index >= 15 is 0 Å². The third-order valence-electron chi connectivity index (χ3n) is 2.28. The molecule has 0 saturated carbocycles. The van der Waals surface area contributed by atoms with Crippen molar-refractivity contribution in [2.24, 2.45) is 5.14 Å². The number of rotatable bonds is 4. The van der Waals surface area contributed by atoms with Crippen LogP contribution >= 0.6 is 0 Å². The van der Waals surface area contributed by atoms with E-state index < -0.39 is 36.4 Å². The van der Waals surface area contributed by atoms with Crippen molar-refractivity contribution in [1.29, 1.82) is 0 Å². The smallest absolute Gasteiger partial charge is 0.275 e. The summed E-state index contributed by atoms with van der Waals surface area (Å²) in [6, 6.07) is 3.76. The minimum absolute atomic E-state index is 0.257. The van der Waals surface area contributed by atoms with Gasteiger partial charge < -0.3 is 0 Å². The van der Waals surface area contributed by atoms with Gasteiger partial charge in [-0.3, -0.25) is 9.82 Å². The number of hydrogen-bond acceptors (Lipinski definition) is 5. The van der Waals surface area contributed by atoms with Gasteiger partial charge in [-0.15, -0.1) is 0 Å². The lowest BCUT2D eigenvalue weighted by atomic mass is 10.3. The van der Waals surface area contributed by atoms with Crippen molar-refractivity contribution in [3.05, 3.63) is 36.3 Å². The highest BCUT2D eigenvalue weighted by Gasteiger charge is 2.19. The molecule has 1 aromatic carbocycles. The number of benzene rings is 1. The Bertz CT molecular complexity index is 831. The fourth-order valence-electron chi connectivity index (χ4n) is 1.35. The molecule has 0 aliphatic carbocycles. The van der Waals surface area contributed by atoms with E-state index in [1.807, 2.05) is 4.72 Å². The largest absolute Gasteiger partial charge is 0.278 e. The molecule has 2 rings (SSSR count). The zero-order chi connectivity index (χ0) is 15.0. The lowest BCUT2D eigenvalue weighted by Crippen LogP contribution is -2.16. The molecular formula is C9H9FN4O4S2. The summed E-state index contributed by atoms with van der Waals surface area (Å²) in [4.78, 5) is -0.459. The zero-order valence-corrected chi connectivity index (χ0v) is 11.4. The minimum Gasteiger partial charge on any atom is -0.275 e. The van der Waals surface area contributed by atoms with Crippen molar-refractivity contribution in [3.63, 3.8) is 0 Å². The Morgan fingerprint density at radius 3 is 2.40 bits per heavy atom. The first-order chi connectivity index (χ1) is 9.20. The molecule has 0 spiro atoms. The molecule has 0 bridgehead atoms. The molecular weight excluding hydrogens is 311 g/mol. The molecule has 108 valence electrons. The summed E-state index contributed by atoms with van der Waals surface area (Å²) in [6.45, 7) is 0. The van der Waals surface area contributed by atoms with Gasteiger partial charge in [0.2, 0.25) is 10.0 Å². The number of halogens is 1. The fourth-order valence-corrected chi connectivity index (χ4v) is 2.85. The molecule has 1 aromatic heterocycles. The van der Waals surface area contributed by atoms with Crippen LogP contribution in [0.1, 0.15) is 0 Å². The number of aromatic amines is 1. The van der Waals surface area contributed by atoms with Crippen molar-refractivity contribution in [1.82, 2.24) is 10.2 Å². The van der Waals surface area contributed by atoms with Crippen LogP contribution in [0.5, 0.6) is 0 Å².